The molecule has 10 heavy (non-hydrogen) atoms. The van der Waals surface area contributed by atoms with Gasteiger partial charge in [-0.2, -0.15) is 10.5 Å². The number of nitriles is 2. The highest BCUT2D eigenvalue weighted by molar-refractivity contribution is 5.23. The van der Waals surface area contributed by atoms with Crippen LogP contribution in [0.3, 0.4) is 0 Å². The second-order valence-electron chi connectivity index (χ2n) is 2.69. The van der Waals surface area contributed by atoms with Gasteiger partial charge in [0.15, 0.2) is 0 Å². The number of rotatable bonds is 1. The number of nitrogens with zero attached hydrogens (tertiary/aromatic N) is 2. The van der Waals surface area contributed by atoms with Gasteiger partial charge in [0.05, 0.1) is 17.6 Å². The maximum Gasteiger partial charge on any atom is 0.0912 e. The Hall–Kier alpha value is -1.28. The molecule has 0 radical (unpaired) electrons. The molecule has 0 unspecified atom stereocenters. The van der Waals surface area contributed by atoms with E-state index in [1.165, 1.54) is 6.08 Å². The first-order valence-corrected chi connectivity index (χ1v) is 3.02. The molecule has 0 atom stereocenters. The molecule has 0 aromatic rings. The molecule has 0 fully saturated rings. The monoisotopic (exact) mass is 134 g/mol. The molecule has 0 saturated heterocycles. The second kappa shape index (κ2) is 3.03. The quantitative estimate of drug-likeness (QED) is 0.515. The van der Waals surface area contributed by atoms with E-state index >= 15 is 0 Å². The van der Waals surface area contributed by atoms with Gasteiger partial charge in [-0.3, -0.25) is 0 Å². The predicted molar refractivity (Wildman–Crippen MR) is 38.8 cm³/mol. The summed E-state index contributed by atoms with van der Waals surface area (Å²) in [5.74, 6) is 0. The standard InChI is InChI=1S/C8H10N2/c1-7(4-5-9)8(2,3)6-10/h4H,1-3H3. The smallest absolute Gasteiger partial charge is 0.0912 e. The SMILES string of the molecule is CC(=CC#N)C(C)(C)C#N. The average molecular weight is 134 g/mol. The molecule has 0 saturated carbocycles. The van der Waals surface area contributed by atoms with E-state index in [1.54, 1.807) is 20.8 Å². The molecule has 2 nitrogen and oxygen atoms in total. The summed E-state index contributed by atoms with van der Waals surface area (Å²) in [7, 11) is 0. The molecule has 0 spiro atoms. The average Bonchev–Trinajstić information content (AvgIpc) is 1.89. The van der Waals surface area contributed by atoms with Crippen LogP contribution >= 0.6 is 0 Å². The third kappa shape index (κ3) is 1.91. The lowest BCUT2D eigenvalue weighted by atomic mass is 9.87. The molecule has 52 valence electrons. The van der Waals surface area contributed by atoms with Gasteiger partial charge in [-0.05, 0) is 26.3 Å². The van der Waals surface area contributed by atoms with Gasteiger partial charge in [-0.15, -0.1) is 0 Å². The second-order valence-corrected chi connectivity index (χ2v) is 2.69. The first-order valence-electron chi connectivity index (χ1n) is 3.02. The fourth-order valence-electron chi connectivity index (χ4n) is 0.365. The van der Waals surface area contributed by atoms with Crippen LogP contribution in [0.25, 0.3) is 0 Å². The van der Waals surface area contributed by atoms with Gasteiger partial charge < -0.3 is 0 Å². The number of hydrogen-bond acceptors (Lipinski definition) is 2. The van der Waals surface area contributed by atoms with E-state index in [0.717, 1.165) is 5.57 Å². The Kier molecular flexibility index (Phi) is 2.65. The van der Waals surface area contributed by atoms with E-state index in [0.29, 0.717) is 0 Å². The van der Waals surface area contributed by atoms with Crippen molar-refractivity contribution < 1.29 is 0 Å². The molecule has 0 aromatic heterocycles. The lowest BCUT2D eigenvalue weighted by Crippen LogP contribution is -2.08. The molecule has 0 N–H and O–H groups in total. The maximum atomic E-state index is 8.59. The van der Waals surface area contributed by atoms with Crippen LogP contribution in [0.2, 0.25) is 0 Å². The molecule has 0 aliphatic rings. The van der Waals surface area contributed by atoms with Gasteiger partial charge in [0.25, 0.3) is 0 Å². The van der Waals surface area contributed by atoms with Gasteiger partial charge in [0.1, 0.15) is 0 Å². The summed E-state index contributed by atoms with van der Waals surface area (Å²) in [5, 5.41) is 16.9. The predicted octanol–water partition coefficient (Wildman–Crippen LogP) is 2.01. The minimum atomic E-state index is -0.504. The summed E-state index contributed by atoms with van der Waals surface area (Å²) >= 11 is 0. The lowest BCUT2D eigenvalue weighted by Gasteiger charge is -2.13. The Morgan fingerprint density at radius 3 is 2.20 bits per heavy atom. The Morgan fingerprint density at radius 2 is 1.90 bits per heavy atom. The van der Waals surface area contributed by atoms with Crippen LogP contribution in [-0.2, 0) is 0 Å². The van der Waals surface area contributed by atoms with E-state index in [1.807, 2.05) is 6.07 Å². The minimum absolute atomic E-state index is 0.504. The normalized spacial score (nSPS) is 11.9. The van der Waals surface area contributed by atoms with Crippen molar-refractivity contribution in [2.75, 3.05) is 0 Å². The van der Waals surface area contributed by atoms with Crippen molar-refractivity contribution >= 4 is 0 Å². The van der Waals surface area contributed by atoms with Crippen LogP contribution in [0.5, 0.6) is 0 Å². The molecule has 2 heteroatoms. The van der Waals surface area contributed by atoms with E-state index in [2.05, 4.69) is 6.07 Å². The summed E-state index contributed by atoms with van der Waals surface area (Å²) < 4.78 is 0. The molecule has 0 aromatic carbocycles. The van der Waals surface area contributed by atoms with Crippen LogP contribution in [0.15, 0.2) is 11.6 Å². The van der Waals surface area contributed by atoms with Crippen molar-refractivity contribution in [2.24, 2.45) is 5.41 Å². The largest absolute Gasteiger partial charge is 0.197 e. The van der Waals surface area contributed by atoms with Gasteiger partial charge in [0.2, 0.25) is 0 Å². The van der Waals surface area contributed by atoms with Crippen LogP contribution < -0.4 is 0 Å². The molecule has 0 bridgehead atoms. The van der Waals surface area contributed by atoms with Crippen LogP contribution in [0.4, 0.5) is 0 Å². The zero-order chi connectivity index (χ0) is 8.20. The minimum Gasteiger partial charge on any atom is -0.197 e. The topological polar surface area (TPSA) is 47.6 Å². The highest BCUT2D eigenvalue weighted by Crippen LogP contribution is 2.23. The maximum absolute atomic E-state index is 8.59. The fraction of sp³-hybridized carbons (Fsp3) is 0.500. The lowest BCUT2D eigenvalue weighted by molar-refractivity contribution is 0.597. The molecule has 0 rings (SSSR count). The summed E-state index contributed by atoms with van der Waals surface area (Å²) in [6.07, 6.45) is 1.41. The summed E-state index contributed by atoms with van der Waals surface area (Å²) in [6.45, 7) is 5.36. The summed E-state index contributed by atoms with van der Waals surface area (Å²) in [6, 6.07) is 4.00. The zero-order valence-corrected chi connectivity index (χ0v) is 6.47. The molecular weight excluding hydrogens is 124 g/mol. The Balaban J connectivity index is 4.56. The fourth-order valence-corrected chi connectivity index (χ4v) is 0.365. The molecule has 0 aliphatic heterocycles. The Labute approximate surface area is 61.4 Å². The summed E-state index contributed by atoms with van der Waals surface area (Å²) in [5.41, 5.74) is 0.299. The van der Waals surface area contributed by atoms with Crippen LogP contribution in [-0.4, -0.2) is 0 Å². The zero-order valence-electron chi connectivity index (χ0n) is 6.47. The Morgan fingerprint density at radius 1 is 1.40 bits per heavy atom. The molecular formula is C8H10N2. The molecule has 0 heterocycles. The van der Waals surface area contributed by atoms with Crippen LogP contribution in [0.1, 0.15) is 20.8 Å². The van der Waals surface area contributed by atoms with E-state index in [4.69, 9.17) is 10.5 Å². The summed E-state index contributed by atoms with van der Waals surface area (Å²) in [4.78, 5) is 0. The van der Waals surface area contributed by atoms with Gasteiger partial charge in [-0.25, -0.2) is 0 Å². The van der Waals surface area contributed by atoms with Gasteiger partial charge in [0, 0.05) is 6.08 Å². The van der Waals surface area contributed by atoms with E-state index in [9.17, 15) is 0 Å². The first-order chi connectivity index (χ1) is 4.54. The van der Waals surface area contributed by atoms with Crippen molar-refractivity contribution in [3.63, 3.8) is 0 Å². The van der Waals surface area contributed by atoms with Crippen molar-refractivity contribution in [3.05, 3.63) is 11.6 Å². The molecule has 0 amide bonds. The molecule has 0 aliphatic carbocycles. The van der Waals surface area contributed by atoms with Crippen molar-refractivity contribution in [1.82, 2.24) is 0 Å². The Bertz CT molecular complexity index is 223. The van der Waals surface area contributed by atoms with E-state index in [-0.39, 0.29) is 0 Å². The van der Waals surface area contributed by atoms with Crippen molar-refractivity contribution in [2.45, 2.75) is 20.8 Å². The number of hydrogen-bond donors (Lipinski definition) is 0. The van der Waals surface area contributed by atoms with Crippen LogP contribution in [0, 0.1) is 28.1 Å². The highest BCUT2D eigenvalue weighted by atomic mass is 14.3. The van der Waals surface area contributed by atoms with E-state index < -0.39 is 5.41 Å². The third-order valence-electron chi connectivity index (χ3n) is 1.55. The van der Waals surface area contributed by atoms with Crippen molar-refractivity contribution in [3.8, 4) is 12.1 Å². The first kappa shape index (κ1) is 8.72. The van der Waals surface area contributed by atoms with Gasteiger partial charge in [-0.1, -0.05) is 0 Å². The third-order valence-corrected chi connectivity index (χ3v) is 1.55. The van der Waals surface area contributed by atoms with Gasteiger partial charge >= 0.3 is 0 Å². The highest BCUT2D eigenvalue weighted by Gasteiger charge is 2.18. The van der Waals surface area contributed by atoms with Crippen molar-refractivity contribution in [1.29, 1.82) is 10.5 Å². The number of allylic oxidation sites excluding steroid dienone is 2.